The van der Waals surface area contributed by atoms with E-state index in [1.54, 1.807) is 40.1 Å². The molecule has 0 heterocycles. The van der Waals surface area contributed by atoms with Crippen LogP contribution in [0.4, 0.5) is 10.5 Å². The Labute approximate surface area is 153 Å². The second-order valence-corrected chi connectivity index (χ2v) is 6.93. The van der Waals surface area contributed by atoms with E-state index in [9.17, 15) is 14.4 Å². The number of nitrogens with zero attached hydrogens (tertiary/aromatic N) is 1. The monoisotopic (exact) mass is 365 g/mol. The molecule has 144 valence electrons. The molecule has 0 radical (unpaired) electrons. The number of urea groups is 1. The zero-order valence-electron chi connectivity index (χ0n) is 15.9. The first-order valence-corrected chi connectivity index (χ1v) is 8.25. The highest BCUT2D eigenvalue weighted by atomic mass is 16.5. The molecule has 0 aliphatic heterocycles. The molecule has 26 heavy (non-hydrogen) atoms. The van der Waals surface area contributed by atoms with Crippen molar-refractivity contribution in [2.24, 2.45) is 0 Å². The Morgan fingerprint density at radius 3 is 2.46 bits per heavy atom. The minimum Gasteiger partial charge on any atom is -0.482 e. The van der Waals surface area contributed by atoms with E-state index in [1.807, 2.05) is 13.0 Å². The van der Waals surface area contributed by atoms with Crippen molar-refractivity contribution < 1.29 is 24.2 Å². The SMILES string of the molecule is Cc1ccc(NC(=O)NC(C)(C)CCC(=O)O)c(OCC(=O)N(C)C)c1. The molecule has 0 bridgehead atoms. The highest BCUT2D eigenvalue weighted by molar-refractivity contribution is 5.91. The maximum atomic E-state index is 12.3. The normalized spacial score (nSPS) is 10.8. The van der Waals surface area contributed by atoms with Crippen LogP contribution in [0.1, 0.15) is 32.3 Å². The van der Waals surface area contributed by atoms with Gasteiger partial charge in [-0.25, -0.2) is 4.79 Å². The molecule has 0 atom stereocenters. The summed E-state index contributed by atoms with van der Waals surface area (Å²) < 4.78 is 5.54. The highest BCUT2D eigenvalue weighted by Crippen LogP contribution is 2.26. The summed E-state index contributed by atoms with van der Waals surface area (Å²) >= 11 is 0. The van der Waals surface area contributed by atoms with Crippen molar-refractivity contribution in [2.75, 3.05) is 26.0 Å². The molecule has 0 spiro atoms. The van der Waals surface area contributed by atoms with Gasteiger partial charge < -0.3 is 25.4 Å². The summed E-state index contributed by atoms with van der Waals surface area (Å²) in [4.78, 5) is 36.1. The number of likely N-dealkylation sites (N-methyl/N-ethyl adjacent to an activating group) is 1. The van der Waals surface area contributed by atoms with Gasteiger partial charge in [0.05, 0.1) is 5.69 Å². The van der Waals surface area contributed by atoms with Gasteiger partial charge in [-0.3, -0.25) is 9.59 Å². The zero-order valence-corrected chi connectivity index (χ0v) is 15.9. The van der Waals surface area contributed by atoms with Crippen LogP contribution in [0.5, 0.6) is 5.75 Å². The van der Waals surface area contributed by atoms with Crippen molar-refractivity contribution in [1.29, 1.82) is 0 Å². The van der Waals surface area contributed by atoms with E-state index in [0.29, 0.717) is 17.9 Å². The van der Waals surface area contributed by atoms with Crippen LogP contribution in [0.15, 0.2) is 18.2 Å². The lowest BCUT2D eigenvalue weighted by Crippen LogP contribution is -2.45. The lowest BCUT2D eigenvalue weighted by atomic mass is 9.99. The Kier molecular flexibility index (Phi) is 7.42. The van der Waals surface area contributed by atoms with E-state index in [1.165, 1.54) is 4.90 Å². The maximum absolute atomic E-state index is 12.3. The van der Waals surface area contributed by atoms with Crippen molar-refractivity contribution in [1.82, 2.24) is 10.2 Å². The third-order valence-electron chi connectivity index (χ3n) is 3.65. The van der Waals surface area contributed by atoms with Crippen LogP contribution in [-0.2, 0) is 9.59 Å². The minimum atomic E-state index is -0.917. The summed E-state index contributed by atoms with van der Waals surface area (Å²) in [5.74, 6) is -0.726. The summed E-state index contributed by atoms with van der Waals surface area (Å²) in [6.45, 7) is 5.23. The standard InChI is InChI=1S/C18H27N3O5/c1-12-6-7-13(14(10-12)26-11-15(22)21(4)5)19-17(25)20-18(2,3)9-8-16(23)24/h6-7,10H,8-9,11H2,1-5H3,(H,23,24)(H2,19,20,25). The Morgan fingerprint density at radius 1 is 1.23 bits per heavy atom. The van der Waals surface area contributed by atoms with Gasteiger partial charge in [-0.2, -0.15) is 0 Å². The van der Waals surface area contributed by atoms with E-state index in [-0.39, 0.29) is 18.9 Å². The molecule has 0 saturated carbocycles. The topological polar surface area (TPSA) is 108 Å². The fourth-order valence-electron chi connectivity index (χ4n) is 2.06. The van der Waals surface area contributed by atoms with Crippen LogP contribution in [0.2, 0.25) is 0 Å². The first-order chi connectivity index (χ1) is 12.0. The average molecular weight is 365 g/mol. The molecule has 8 nitrogen and oxygen atoms in total. The number of amides is 3. The highest BCUT2D eigenvalue weighted by Gasteiger charge is 2.22. The zero-order chi connectivity index (χ0) is 19.9. The molecule has 3 N–H and O–H groups in total. The number of rotatable bonds is 8. The fourth-order valence-corrected chi connectivity index (χ4v) is 2.06. The number of carboxylic acids is 1. The van der Waals surface area contributed by atoms with Crippen LogP contribution in [0.25, 0.3) is 0 Å². The van der Waals surface area contributed by atoms with Crippen LogP contribution in [-0.4, -0.2) is 54.2 Å². The predicted molar refractivity (Wildman–Crippen MR) is 98.5 cm³/mol. The summed E-state index contributed by atoms with van der Waals surface area (Å²) in [7, 11) is 3.27. The second kappa shape index (κ2) is 9.07. The van der Waals surface area contributed by atoms with Crippen LogP contribution < -0.4 is 15.4 Å². The van der Waals surface area contributed by atoms with E-state index >= 15 is 0 Å². The molecule has 8 heteroatoms. The van der Waals surface area contributed by atoms with E-state index < -0.39 is 17.5 Å². The lowest BCUT2D eigenvalue weighted by Gasteiger charge is -2.26. The number of nitrogens with one attached hydrogen (secondary N) is 2. The number of anilines is 1. The molecule has 1 aromatic carbocycles. The van der Waals surface area contributed by atoms with Crippen molar-refractivity contribution in [3.8, 4) is 5.75 Å². The second-order valence-electron chi connectivity index (χ2n) is 6.93. The van der Waals surface area contributed by atoms with Gasteiger partial charge in [-0.15, -0.1) is 0 Å². The van der Waals surface area contributed by atoms with E-state index in [2.05, 4.69) is 10.6 Å². The summed E-state index contributed by atoms with van der Waals surface area (Å²) in [6.07, 6.45) is 0.253. The van der Waals surface area contributed by atoms with Gasteiger partial charge in [0.2, 0.25) is 0 Å². The maximum Gasteiger partial charge on any atom is 0.319 e. The summed E-state index contributed by atoms with van der Waals surface area (Å²) in [6, 6.07) is 4.75. The molecule has 3 amide bonds. The number of ether oxygens (including phenoxy) is 1. The number of hydrogen-bond acceptors (Lipinski definition) is 4. The summed E-state index contributed by atoms with van der Waals surface area (Å²) in [5.41, 5.74) is 0.661. The number of carbonyl (C=O) groups excluding carboxylic acids is 2. The van der Waals surface area contributed by atoms with Gasteiger partial charge in [0, 0.05) is 26.1 Å². The smallest absolute Gasteiger partial charge is 0.319 e. The number of hydrogen-bond donors (Lipinski definition) is 3. The van der Waals surface area contributed by atoms with Gasteiger partial charge in [0.1, 0.15) is 5.75 Å². The van der Waals surface area contributed by atoms with E-state index in [0.717, 1.165) is 5.56 Å². The molecule has 1 rings (SSSR count). The Balaban J connectivity index is 2.77. The van der Waals surface area contributed by atoms with Crippen LogP contribution in [0.3, 0.4) is 0 Å². The molecule has 0 saturated heterocycles. The molecule has 0 aliphatic rings. The number of aryl methyl sites for hydroxylation is 1. The van der Waals surface area contributed by atoms with Crippen LogP contribution in [0, 0.1) is 6.92 Å². The fraction of sp³-hybridized carbons (Fsp3) is 0.500. The van der Waals surface area contributed by atoms with Gasteiger partial charge in [-0.1, -0.05) is 6.07 Å². The van der Waals surface area contributed by atoms with Crippen molar-refractivity contribution >= 4 is 23.6 Å². The third kappa shape index (κ3) is 7.42. The molecule has 1 aromatic rings. The Morgan fingerprint density at radius 2 is 1.88 bits per heavy atom. The largest absolute Gasteiger partial charge is 0.482 e. The van der Waals surface area contributed by atoms with Gasteiger partial charge >= 0.3 is 12.0 Å². The van der Waals surface area contributed by atoms with E-state index in [4.69, 9.17) is 9.84 Å². The predicted octanol–water partition coefficient (Wildman–Crippen LogP) is 2.23. The quantitative estimate of drug-likeness (QED) is 0.655. The van der Waals surface area contributed by atoms with Crippen molar-refractivity contribution in [3.05, 3.63) is 23.8 Å². The molecule has 0 aromatic heterocycles. The molecule has 0 fully saturated rings. The minimum absolute atomic E-state index is 0.0428. The lowest BCUT2D eigenvalue weighted by molar-refractivity contribution is -0.137. The first kappa shape index (κ1) is 21.3. The third-order valence-corrected chi connectivity index (χ3v) is 3.65. The van der Waals surface area contributed by atoms with Crippen LogP contribution >= 0.6 is 0 Å². The molecule has 0 aliphatic carbocycles. The Hall–Kier alpha value is -2.77. The number of aliphatic carboxylic acids is 1. The molecule has 0 unspecified atom stereocenters. The first-order valence-electron chi connectivity index (χ1n) is 8.25. The Bertz CT molecular complexity index is 671. The van der Waals surface area contributed by atoms with Gasteiger partial charge in [0.15, 0.2) is 6.61 Å². The van der Waals surface area contributed by atoms with Crippen molar-refractivity contribution in [2.45, 2.75) is 39.2 Å². The number of benzene rings is 1. The van der Waals surface area contributed by atoms with Gasteiger partial charge in [-0.05, 0) is 44.9 Å². The summed E-state index contributed by atoms with van der Waals surface area (Å²) in [5, 5.41) is 14.2. The number of carboxylic acid groups (broad SMARTS) is 1. The van der Waals surface area contributed by atoms with Gasteiger partial charge in [0.25, 0.3) is 5.91 Å². The van der Waals surface area contributed by atoms with Crippen molar-refractivity contribution in [3.63, 3.8) is 0 Å². The molecular weight excluding hydrogens is 338 g/mol. The number of carbonyl (C=O) groups is 3. The average Bonchev–Trinajstić information content (AvgIpc) is 2.52. The molecular formula is C18H27N3O5.